The number of methoxy groups -OCH3 is 1. The van der Waals surface area contributed by atoms with Crippen LogP contribution in [0, 0.1) is 0 Å². The Bertz CT molecular complexity index is 1130. The molecule has 0 spiro atoms. The summed E-state index contributed by atoms with van der Waals surface area (Å²) < 4.78 is 11.8. The van der Waals surface area contributed by atoms with E-state index in [0.717, 1.165) is 57.7 Å². The first-order valence-electron chi connectivity index (χ1n) is 10.9. The third kappa shape index (κ3) is 4.99. The number of ether oxygens (including phenoxy) is 1. The lowest BCUT2D eigenvalue weighted by atomic mass is 10.2. The summed E-state index contributed by atoms with van der Waals surface area (Å²) in [6.45, 7) is 5.50. The largest absolute Gasteiger partial charge is 0.497 e. The predicted octanol–water partition coefficient (Wildman–Crippen LogP) is 2.96. The first-order chi connectivity index (χ1) is 15.2. The van der Waals surface area contributed by atoms with Crippen LogP contribution in [0.15, 0.2) is 62.5 Å². The van der Waals surface area contributed by atoms with E-state index < -0.39 is 5.76 Å². The topological polar surface area (TPSA) is 67.9 Å². The van der Waals surface area contributed by atoms with Gasteiger partial charge < -0.3 is 14.1 Å². The van der Waals surface area contributed by atoms with E-state index >= 15 is 0 Å². The summed E-state index contributed by atoms with van der Waals surface area (Å²) in [5, 5.41) is 0.455. The standard InChI is InChI=1S/C24H29N3O4/c1-30-20-9-7-8-19(18-20)26-16-14-25(15-17-26)12-5-2-6-13-27-23(28)21-10-3-4-11-22(21)31-24(27)29/h3-4,7-11,18H,2,5-6,12-17H2,1H3. The SMILES string of the molecule is COc1cccc(N2CCN(CCCCCn3c(=O)oc4ccccc4c3=O)CC2)c1. The summed E-state index contributed by atoms with van der Waals surface area (Å²) in [5.74, 6) is 0.317. The van der Waals surface area contributed by atoms with Crippen LogP contribution in [0.1, 0.15) is 19.3 Å². The number of aromatic nitrogens is 1. The van der Waals surface area contributed by atoms with Crippen LogP contribution in [-0.4, -0.2) is 49.3 Å². The summed E-state index contributed by atoms with van der Waals surface area (Å²) in [6, 6.07) is 15.1. The minimum Gasteiger partial charge on any atom is -0.497 e. The highest BCUT2D eigenvalue weighted by Gasteiger charge is 2.17. The number of unbranched alkanes of at least 4 members (excludes halogenated alkanes) is 2. The summed E-state index contributed by atoms with van der Waals surface area (Å²) >= 11 is 0. The predicted molar refractivity (Wildman–Crippen MR) is 122 cm³/mol. The minimum absolute atomic E-state index is 0.263. The van der Waals surface area contributed by atoms with Crippen LogP contribution >= 0.6 is 0 Å². The van der Waals surface area contributed by atoms with Gasteiger partial charge in [0.1, 0.15) is 11.3 Å². The van der Waals surface area contributed by atoms with Crippen molar-refractivity contribution in [1.29, 1.82) is 0 Å². The molecule has 0 radical (unpaired) electrons. The van der Waals surface area contributed by atoms with E-state index in [1.54, 1.807) is 31.4 Å². The van der Waals surface area contributed by atoms with Gasteiger partial charge in [-0.25, -0.2) is 9.36 Å². The average molecular weight is 424 g/mol. The molecular formula is C24H29N3O4. The zero-order valence-corrected chi connectivity index (χ0v) is 18.0. The van der Waals surface area contributed by atoms with E-state index in [9.17, 15) is 9.59 Å². The second kappa shape index (κ2) is 9.83. The molecule has 1 aromatic heterocycles. The molecule has 3 aromatic rings. The molecule has 0 aliphatic carbocycles. The molecule has 4 rings (SSSR count). The van der Waals surface area contributed by atoms with Gasteiger partial charge in [0.25, 0.3) is 5.56 Å². The quantitative estimate of drug-likeness (QED) is 0.519. The molecule has 0 N–H and O–H groups in total. The van der Waals surface area contributed by atoms with E-state index in [-0.39, 0.29) is 5.56 Å². The van der Waals surface area contributed by atoms with Gasteiger partial charge in [-0.2, -0.15) is 0 Å². The second-order valence-electron chi connectivity index (χ2n) is 7.91. The molecule has 7 nitrogen and oxygen atoms in total. The minimum atomic E-state index is -0.572. The van der Waals surface area contributed by atoms with Crippen molar-refractivity contribution in [2.24, 2.45) is 0 Å². The van der Waals surface area contributed by atoms with Gasteiger partial charge >= 0.3 is 5.76 Å². The lowest BCUT2D eigenvalue weighted by Gasteiger charge is -2.36. The molecule has 1 saturated heterocycles. The van der Waals surface area contributed by atoms with Crippen LogP contribution in [0.5, 0.6) is 5.75 Å². The van der Waals surface area contributed by atoms with Crippen LogP contribution in [0.4, 0.5) is 5.69 Å². The zero-order valence-electron chi connectivity index (χ0n) is 18.0. The fourth-order valence-corrected chi connectivity index (χ4v) is 4.12. The number of nitrogens with zero attached hydrogens (tertiary/aromatic N) is 3. The maximum Gasteiger partial charge on any atom is 0.422 e. The molecular weight excluding hydrogens is 394 g/mol. The van der Waals surface area contributed by atoms with E-state index in [0.29, 0.717) is 17.5 Å². The van der Waals surface area contributed by atoms with Gasteiger partial charge in [0, 0.05) is 44.5 Å². The third-order valence-electron chi connectivity index (χ3n) is 5.93. The average Bonchev–Trinajstić information content (AvgIpc) is 2.81. The smallest absolute Gasteiger partial charge is 0.422 e. The maximum absolute atomic E-state index is 12.5. The summed E-state index contributed by atoms with van der Waals surface area (Å²) in [7, 11) is 1.69. The second-order valence-corrected chi connectivity index (χ2v) is 7.91. The van der Waals surface area contributed by atoms with Crippen LogP contribution in [-0.2, 0) is 6.54 Å². The van der Waals surface area contributed by atoms with Crippen molar-refractivity contribution in [1.82, 2.24) is 9.47 Å². The van der Waals surface area contributed by atoms with Gasteiger partial charge in [0.05, 0.1) is 12.5 Å². The Balaban J connectivity index is 1.21. The Morgan fingerprint density at radius 1 is 0.903 bits per heavy atom. The molecule has 1 fully saturated rings. The van der Waals surface area contributed by atoms with Gasteiger partial charge in [0.2, 0.25) is 0 Å². The molecule has 2 aromatic carbocycles. The van der Waals surface area contributed by atoms with Crippen molar-refractivity contribution >= 4 is 16.7 Å². The van der Waals surface area contributed by atoms with E-state index in [1.807, 2.05) is 12.1 Å². The lowest BCUT2D eigenvalue weighted by molar-refractivity contribution is 0.251. The molecule has 0 unspecified atom stereocenters. The number of hydrogen-bond acceptors (Lipinski definition) is 6. The fourth-order valence-electron chi connectivity index (χ4n) is 4.12. The van der Waals surface area contributed by atoms with Gasteiger partial charge in [-0.05, 0) is 43.7 Å². The molecule has 1 aliphatic rings. The molecule has 0 atom stereocenters. The van der Waals surface area contributed by atoms with Crippen molar-refractivity contribution < 1.29 is 9.15 Å². The fraction of sp³-hybridized carbons (Fsp3) is 0.417. The molecule has 1 aliphatic heterocycles. The number of fused-ring (bicyclic) bond motifs is 1. The van der Waals surface area contributed by atoms with E-state index in [1.165, 1.54) is 10.3 Å². The number of anilines is 1. The normalized spacial score (nSPS) is 14.8. The summed E-state index contributed by atoms with van der Waals surface area (Å²) in [6.07, 6.45) is 2.80. The van der Waals surface area contributed by atoms with Gasteiger partial charge in [-0.1, -0.05) is 24.6 Å². The Hall–Kier alpha value is -3.06. The van der Waals surface area contributed by atoms with E-state index in [2.05, 4.69) is 21.9 Å². The van der Waals surface area contributed by atoms with Crippen molar-refractivity contribution in [2.75, 3.05) is 44.7 Å². The van der Waals surface area contributed by atoms with E-state index in [4.69, 9.17) is 9.15 Å². The molecule has 0 saturated carbocycles. The number of piperazine rings is 1. The Morgan fingerprint density at radius 2 is 1.68 bits per heavy atom. The van der Waals surface area contributed by atoms with Crippen molar-refractivity contribution in [2.45, 2.75) is 25.8 Å². The Labute approximate surface area is 181 Å². The zero-order chi connectivity index (χ0) is 21.6. The number of hydrogen-bond donors (Lipinski definition) is 0. The highest BCUT2D eigenvalue weighted by Crippen LogP contribution is 2.22. The highest BCUT2D eigenvalue weighted by molar-refractivity contribution is 5.74. The number of benzene rings is 2. The van der Waals surface area contributed by atoms with Crippen LogP contribution in [0.25, 0.3) is 11.0 Å². The number of rotatable bonds is 8. The van der Waals surface area contributed by atoms with Crippen molar-refractivity contribution in [3.8, 4) is 5.75 Å². The summed E-state index contributed by atoms with van der Waals surface area (Å²) in [4.78, 5) is 29.5. The monoisotopic (exact) mass is 423 g/mol. The molecule has 0 bridgehead atoms. The molecule has 164 valence electrons. The van der Waals surface area contributed by atoms with Crippen LogP contribution in [0.2, 0.25) is 0 Å². The number of para-hydroxylation sites is 1. The molecule has 0 amide bonds. The van der Waals surface area contributed by atoms with Gasteiger partial charge in [-0.3, -0.25) is 9.69 Å². The Kier molecular flexibility index (Phi) is 6.72. The van der Waals surface area contributed by atoms with Crippen LogP contribution in [0.3, 0.4) is 0 Å². The maximum atomic E-state index is 12.5. The first kappa shape index (κ1) is 21.2. The third-order valence-corrected chi connectivity index (χ3v) is 5.93. The first-order valence-corrected chi connectivity index (χ1v) is 10.9. The summed E-state index contributed by atoms with van der Waals surface area (Å²) in [5.41, 5.74) is 1.29. The van der Waals surface area contributed by atoms with Gasteiger partial charge in [0.15, 0.2) is 0 Å². The molecule has 7 heteroatoms. The highest BCUT2D eigenvalue weighted by atomic mass is 16.5. The Morgan fingerprint density at radius 3 is 2.48 bits per heavy atom. The van der Waals surface area contributed by atoms with Crippen molar-refractivity contribution in [3.05, 3.63) is 69.4 Å². The lowest BCUT2D eigenvalue weighted by Crippen LogP contribution is -2.46. The van der Waals surface area contributed by atoms with Gasteiger partial charge in [-0.15, -0.1) is 0 Å². The van der Waals surface area contributed by atoms with Crippen LogP contribution < -0.4 is 21.0 Å². The van der Waals surface area contributed by atoms with Crippen molar-refractivity contribution in [3.63, 3.8) is 0 Å². The molecule has 31 heavy (non-hydrogen) atoms. The molecule has 2 heterocycles.